The molecule has 29 heavy (non-hydrogen) atoms. The molecule has 3 aromatic rings. The molecule has 0 spiro atoms. The van der Waals surface area contributed by atoms with Gasteiger partial charge >= 0.3 is 0 Å². The van der Waals surface area contributed by atoms with Crippen molar-refractivity contribution in [3.63, 3.8) is 0 Å². The summed E-state index contributed by atoms with van der Waals surface area (Å²) in [6.07, 6.45) is 0. The molecule has 152 valence electrons. The number of benzene rings is 2. The summed E-state index contributed by atoms with van der Waals surface area (Å²) >= 11 is 1.38. The van der Waals surface area contributed by atoms with Crippen LogP contribution in [-0.4, -0.2) is 19.3 Å². The molecule has 0 aliphatic rings. The van der Waals surface area contributed by atoms with Crippen molar-refractivity contribution in [3.8, 4) is 0 Å². The third-order valence-corrected chi connectivity index (χ3v) is 6.67. The summed E-state index contributed by atoms with van der Waals surface area (Å²) in [6, 6.07) is 11.6. The van der Waals surface area contributed by atoms with Crippen molar-refractivity contribution in [3.05, 3.63) is 70.2 Å². The Hall–Kier alpha value is -2.71. The highest BCUT2D eigenvalue weighted by molar-refractivity contribution is 7.92. The van der Waals surface area contributed by atoms with E-state index in [2.05, 4.69) is 15.0 Å². The Kier molecular flexibility index (Phi) is 6.04. The number of hydrogen-bond acceptors (Lipinski definition) is 5. The molecular weight excluding hydrogens is 406 g/mol. The highest BCUT2D eigenvalue weighted by atomic mass is 32.2. The first-order valence-corrected chi connectivity index (χ1v) is 11.5. The Morgan fingerprint density at radius 3 is 2.38 bits per heavy atom. The van der Waals surface area contributed by atoms with Gasteiger partial charge in [-0.05, 0) is 61.2 Å². The molecule has 6 nitrogen and oxygen atoms in total. The lowest BCUT2D eigenvalue weighted by Gasteiger charge is -2.11. The summed E-state index contributed by atoms with van der Waals surface area (Å²) in [6.45, 7) is 7.68. The van der Waals surface area contributed by atoms with Gasteiger partial charge in [-0.1, -0.05) is 26.0 Å². The van der Waals surface area contributed by atoms with Crippen LogP contribution in [0.4, 0.5) is 10.8 Å². The van der Waals surface area contributed by atoms with E-state index < -0.39 is 10.0 Å². The van der Waals surface area contributed by atoms with Crippen LogP contribution in [0, 0.1) is 13.8 Å². The van der Waals surface area contributed by atoms with Crippen LogP contribution < -0.4 is 10.0 Å². The lowest BCUT2D eigenvalue weighted by atomic mass is 10.2. The first kappa shape index (κ1) is 21.0. The van der Waals surface area contributed by atoms with Crippen molar-refractivity contribution in [1.82, 2.24) is 4.98 Å². The predicted octanol–water partition coefficient (Wildman–Crippen LogP) is 4.94. The van der Waals surface area contributed by atoms with Crippen molar-refractivity contribution >= 4 is 38.1 Å². The lowest BCUT2D eigenvalue weighted by molar-refractivity contribution is 0.102. The molecule has 0 aliphatic carbocycles. The number of carbonyl (C=O) groups is 1. The Labute approximate surface area is 175 Å². The fraction of sp³-hybridized carbons (Fsp3) is 0.238. The number of amides is 1. The van der Waals surface area contributed by atoms with E-state index in [1.807, 2.05) is 32.2 Å². The average Bonchev–Trinajstić information content (AvgIpc) is 3.12. The first-order valence-electron chi connectivity index (χ1n) is 9.12. The molecule has 0 saturated carbocycles. The second kappa shape index (κ2) is 8.34. The maximum Gasteiger partial charge on any atom is 0.262 e. The summed E-state index contributed by atoms with van der Waals surface area (Å²) in [7, 11) is -3.71. The average molecular weight is 430 g/mol. The van der Waals surface area contributed by atoms with Crippen molar-refractivity contribution in [2.24, 2.45) is 0 Å². The molecule has 2 aromatic carbocycles. The summed E-state index contributed by atoms with van der Waals surface area (Å²) in [5, 5.41) is 5.23. The zero-order valence-electron chi connectivity index (χ0n) is 16.7. The summed E-state index contributed by atoms with van der Waals surface area (Å²) in [5.74, 6) is -0.000149. The number of aryl methyl sites for hydroxylation is 2. The molecule has 0 bridgehead atoms. The van der Waals surface area contributed by atoms with Crippen molar-refractivity contribution < 1.29 is 13.2 Å². The van der Waals surface area contributed by atoms with Crippen LogP contribution >= 0.6 is 11.3 Å². The van der Waals surface area contributed by atoms with Gasteiger partial charge in [0.2, 0.25) is 0 Å². The van der Waals surface area contributed by atoms with Gasteiger partial charge in [-0.3, -0.25) is 14.8 Å². The van der Waals surface area contributed by atoms with Gasteiger partial charge in [0, 0.05) is 16.6 Å². The smallest absolute Gasteiger partial charge is 0.262 e. The van der Waals surface area contributed by atoms with E-state index in [9.17, 15) is 13.2 Å². The van der Waals surface area contributed by atoms with E-state index in [1.165, 1.54) is 11.3 Å². The number of rotatable bonds is 6. The number of hydrogen-bond donors (Lipinski definition) is 2. The van der Waals surface area contributed by atoms with Crippen LogP contribution in [0.5, 0.6) is 0 Å². The largest absolute Gasteiger partial charge is 0.298 e. The standard InChI is InChI=1S/C21H23N3O3S2/c1-13(2)18-12-28-21(22-18)23-20(25)16-7-9-17(10-8-16)24-29(26,27)19-11-14(3)5-6-15(19)4/h5-13,24H,1-4H3,(H,22,23,25). The van der Waals surface area contributed by atoms with Gasteiger partial charge < -0.3 is 0 Å². The minimum absolute atomic E-state index is 0.240. The minimum atomic E-state index is -3.71. The van der Waals surface area contributed by atoms with Crippen LogP contribution in [-0.2, 0) is 10.0 Å². The van der Waals surface area contributed by atoms with Crippen LogP contribution in [0.3, 0.4) is 0 Å². The van der Waals surface area contributed by atoms with Gasteiger partial charge in [-0.2, -0.15) is 0 Å². The topological polar surface area (TPSA) is 88.2 Å². The molecule has 0 saturated heterocycles. The molecule has 1 heterocycles. The Morgan fingerprint density at radius 2 is 1.76 bits per heavy atom. The minimum Gasteiger partial charge on any atom is -0.298 e. The quantitative estimate of drug-likeness (QED) is 0.581. The first-order chi connectivity index (χ1) is 13.7. The zero-order valence-corrected chi connectivity index (χ0v) is 18.3. The van der Waals surface area contributed by atoms with Crippen molar-refractivity contribution in [2.75, 3.05) is 10.0 Å². The third kappa shape index (κ3) is 5.02. The highest BCUT2D eigenvalue weighted by Crippen LogP contribution is 2.23. The van der Waals surface area contributed by atoms with Gasteiger partial charge in [0.25, 0.3) is 15.9 Å². The lowest BCUT2D eigenvalue weighted by Crippen LogP contribution is -2.15. The molecule has 0 aliphatic heterocycles. The van der Waals surface area contributed by atoms with Gasteiger partial charge in [-0.15, -0.1) is 11.3 Å². The molecule has 0 fully saturated rings. The van der Waals surface area contributed by atoms with Crippen LogP contribution in [0.25, 0.3) is 0 Å². The Balaban J connectivity index is 1.72. The molecule has 2 N–H and O–H groups in total. The predicted molar refractivity (Wildman–Crippen MR) is 117 cm³/mol. The molecule has 3 rings (SSSR count). The Bertz CT molecular complexity index is 1130. The summed E-state index contributed by atoms with van der Waals surface area (Å²) in [4.78, 5) is 17.0. The SMILES string of the molecule is Cc1ccc(C)c(S(=O)(=O)Nc2ccc(C(=O)Nc3nc(C(C)C)cs3)cc2)c1. The number of thiazole rings is 1. The zero-order chi connectivity index (χ0) is 21.2. The third-order valence-electron chi connectivity index (χ3n) is 4.37. The Morgan fingerprint density at radius 1 is 1.07 bits per heavy atom. The summed E-state index contributed by atoms with van der Waals surface area (Å²) in [5.41, 5.74) is 3.27. The number of nitrogens with one attached hydrogen (secondary N) is 2. The van der Waals surface area contributed by atoms with E-state index in [0.717, 1.165) is 11.3 Å². The highest BCUT2D eigenvalue weighted by Gasteiger charge is 2.17. The number of anilines is 2. The normalized spacial score (nSPS) is 11.5. The fourth-order valence-corrected chi connectivity index (χ4v) is 4.93. The van der Waals surface area contributed by atoms with Gasteiger partial charge in [0.15, 0.2) is 5.13 Å². The van der Waals surface area contributed by atoms with Gasteiger partial charge in [0.05, 0.1) is 10.6 Å². The number of nitrogens with zero attached hydrogens (tertiary/aromatic N) is 1. The second-order valence-corrected chi connectivity index (χ2v) is 9.65. The van der Waals surface area contributed by atoms with Gasteiger partial charge in [0.1, 0.15) is 0 Å². The molecule has 0 radical (unpaired) electrons. The number of sulfonamides is 1. The van der Waals surface area contributed by atoms with E-state index in [1.54, 1.807) is 43.3 Å². The van der Waals surface area contributed by atoms with E-state index in [4.69, 9.17) is 0 Å². The van der Waals surface area contributed by atoms with Crippen molar-refractivity contribution in [1.29, 1.82) is 0 Å². The maximum absolute atomic E-state index is 12.7. The van der Waals surface area contributed by atoms with Crippen LogP contribution in [0.1, 0.15) is 46.9 Å². The molecular formula is C21H23N3O3S2. The maximum atomic E-state index is 12.7. The van der Waals surface area contributed by atoms with E-state index >= 15 is 0 Å². The summed E-state index contributed by atoms with van der Waals surface area (Å²) < 4.78 is 28.0. The monoisotopic (exact) mass is 429 g/mol. The van der Waals surface area contributed by atoms with Crippen LogP contribution in [0.15, 0.2) is 52.7 Å². The molecule has 0 unspecified atom stereocenters. The molecule has 1 aromatic heterocycles. The van der Waals surface area contributed by atoms with E-state index in [0.29, 0.717) is 27.9 Å². The molecule has 1 amide bonds. The second-order valence-electron chi connectivity index (χ2n) is 7.14. The van der Waals surface area contributed by atoms with Gasteiger partial charge in [-0.25, -0.2) is 13.4 Å². The number of aromatic nitrogens is 1. The van der Waals surface area contributed by atoms with E-state index in [-0.39, 0.29) is 10.8 Å². The van der Waals surface area contributed by atoms with Crippen molar-refractivity contribution in [2.45, 2.75) is 38.5 Å². The van der Waals surface area contributed by atoms with Crippen LogP contribution in [0.2, 0.25) is 0 Å². The molecule has 0 atom stereocenters. The number of carbonyl (C=O) groups excluding carboxylic acids is 1. The molecule has 8 heteroatoms. The fourth-order valence-electron chi connectivity index (χ4n) is 2.67.